The molecule has 0 fully saturated rings. The molecular weight excluding hydrogens is 238 g/mol. The van der Waals surface area contributed by atoms with Crippen LogP contribution in [0.3, 0.4) is 0 Å². The van der Waals surface area contributed by atoms with Gasteiger partial charge in [0.05, 0.1) is 12.7 Å². The highest BCUT2D eigenvalue weighted by molar-refractivity contribution is 5.38. The maximum atomic E-state index is 9.72. The van der Waals surface area contributed by atoms with Gasteiger partial charge in [-0.3, -0.25) is 4.98 Å². The van der Waals surface area contributed by atoms with Crippen molar-refractivity contribution in [3.05, 3.63) is 59.4 Å². The average Bonchev–Trinajstić information content (AvgIpc) is 2.39. The zero-order valence-electron chi connectivity index (χ0n) is 11.3. The van der Waals surface area contributed by atoms with Gasteiger partial charge in [0.1, 0.15) is 5.75 Å². The van der Waals surface area contributed by atoms with E-state index in [0.717, 1.165) is 28.9 Å². The van der Waals surface area contributed by atoms with Gasteiger partial charge in [0, 0.05) is 24.4 Å². The first-order valence-electron chi connectivity index (χ1n) is 6.47. The Kier molecular flexibility index (Phi) is 4.53. The standard InChI is InChI=1S/C16H19NO2/c1-12-5-6-15(13(2)18)16(10-12)19-9-7-14-4-3-8-17-11-14/h3-6,8,10-11,13,18H,7,9H2,1-2H3. The van der Waals surface area contributed by atoms with Crippen molar-refractivity contribution >= 4 is 0 Å². The Morgan fingerprint density at radius 3 is 2.84 bits per heavy atom. The van der Waals surface area contributed by atoms with Crippen LogP contribution in [-0.2, 0) is 6.42 Å². The first kappa shape index (κ1) is 13.6. The molecule has 0 spiro atoms. The van der Waals surface area contributed by atoms with Crippen molar-refractivity contribution < 1.29 is 9.84 Å². The molecule has 19 heavy (non-hydrogen) atoms. The molecule has 0 aliphatic heterocycles. The number of aromatic nitrogens is 1. The van der Waals surface area contributed by atoms with E-state index in [0.29, 0.717) is 6.61 Å². The summed E-state index contributed by atoms with van der Waals surface area (Å²) < 4.78 is 5.80. The van der Waals surface area contributed by atoms with Gasteiger partial charge in [-0.15, -0.1) is 0 Å². The highest BCUT2D eigenvalue weighted by Gasteiger charge is 2.09. The lowest BCUT2D eigenvalue weighted by Crippen LogP contribution is -2.05. The Morgan fingerprint density at radius 2 is 2.16 bits per heavy atom. The molecule has 2 rings (SSSR count). The van der Waals surface area contributed by atoms with Crippen LogP contribution in [0.25, 0.3) is 0 Å². The fourth-order valence-electron chi connectivity index (χ4n) is 1.94. The molecule has 1 atom stereocenters. The van der Waals surface area contributed by atoms with E-state index < -0.39 is 6.10 Å². The molecule has 100 valence electrons. The molecule has 0 aliphatic rings. The molecular formula is C16H19NO2. The van der Waals surface area contributed by atoms with Crippen LogP contribution in [0.5, 0.6) is 5.75 Å². The average molecular weight is 257 g/mol. The van der Waals surface area contributed by atoms with Crippen LogP contribution in [0.4, 0.5) is 0 Å². The van der Waals surface area contributed by atoms with Crippen LogP contribution in [-0.4, -0.2) is 16.7 Å². The minimum absolute atomic E-state index is 0.519. The minimum atomic E-state index is -0.519. The maximum Gasteiger partial charge on any atom is 0.125 e. The van der Waals surface area contributed by atoms with E-state index in [1.165, 1.54) is 0 Å². The van der Waals surface area contributed by atoms with Gasteiger partial charge in [-0.1, -0.05) is 18.2 Å². The SMILES string of the molecule is Cc1ccc(C(C)O)c(OCCc2cccnc2)c1. The number of hydrogen-bond donors (Lipinski definition) is 1. The predicted molar refractivity (Wildman–Crippen MR) is 75.2 cm³/mol. The molecule has 1 aromatic carbocycles. The topological polar surface area (TPSA) is 42.4 Å². The Hall–Kier alpha value is -1.87. The highest BCUT2D eigenvalue weighted by atomic mass is 16.5. The zero-order chi connectivity index (χ0) is 13.7. The molecule has 1 N–H and O–H groups in total. The summed E-state index contributed by atoms with van der Waals surface area (Å²) in [5.74, 6) is 0.763. The summed E-state index contributed by atoms with van der Waals surface area (Å²) in [5, 5.41) is 9.72. The van der Waals surface area contributed by atoms with Gasteiger partial charge in [-0.25, -0.2) is 0 Å². The fourth-order valence-corrected chi connectivity index (χ4v) is 1.94. The molecule has 3 nitrogen and oxygen atoms in total. The summed E-state index contributed by atoms with van der Waals surface area (Å²) in [5.41, 5.74) is 3.10. The van der Waals surface area contributed by atoms with Crippen LogP contribution in [0.1, 0.15) is 29.7 Å². The summed E-state index contributed by atoms with van der Waals surface area (Å²) in [6, 6.07) is 9.81. The molecule has 1 unspecified atom stereocenters. The third-order valence-corrected chi connectivity index (χ3v) is 2.99. The Balaban J connectivity index is 2.01. The van der Waals surface area contributed by atoms with Gasteiger partial charge in [-0.05, 0) is 37.1 Å². The van der Waals surface area contributed by atoms with Gasteiger partial charge in [0.2, 0.25) is 0 Å². The number of aliphatic hydroxyl groups is 1. The first-order valence-corrected chi connectivity index (χ1v) is 6.47. The van der Waals surface area contributed by atoms with Crippen molar-refractivity contribution in [1.82, 2.24) is 4.98 Å². The fraction of sp³-hybridized carbons (Fsp3) is 0.312. The first-order chi connectivity index (χ1) is 9.16. The van der Waals surface area contributed by atoms with Crippen molar-refractivity contribution in [2.75, 3.05) is 6.61 Å². The number of nitrogens with zero attached hydrogens (tertiary/aromatic N) is 1. The van der Waals surface area contributed by atoms with Crippen LogP contribution in [0, 0.1) is 6.92 Å². The predicted octanol–water partition coefficient (Wildman–Crippen LogP) is 3.06. The number of rotatable bonds is 5. The molecule has 0 radical (unpaired) electrons. The molecule has 0 bridgehead atoms. The molecule has 0 aliphatic carbocycles. The number of pyridine rings is 1. The third kappa shape index (κ3) is 3.80. The molecule has 0 saturated heterocycles. The largest absolute Gasteiger partial charge is 0.493 e. The molecule has 2 aromatic rings. The molecule has 1 aromatic heterocycles. The molecule has 0 saturated carbocycles. The lowest BCUT2D eigenvalue weighted by molar-refractivity contribution is 0.191. The van der Waals surface area contributed by atoms with Crippen LogP contribution < -0.4 is 4.74 Å². The van der Waals surface area contributed by atoms with Crippen LogP contribution >= 0.6 is 0 Å². The summed E-state index contributed by atoms with van der Waals surface area (Å²) >= 11 is 0. The maximum absolute atomic E-state index is 9.72. The summed E-state index contributed by atoms with van der Waals surface area (Å²) in [6.07, 6.45) is 3.89. The summed E-state index contributed by atoms with van der Waals surface area (Å²) in [7, 11) is 0. The second-order valence-corrected chi connectivity index (χ2v) is 4.68. The zero-order valence-corrected chi connectivity index (χ0v) is 11.3. The van der Waals surface area contributed by atoms with Gasteiger partial charge in [0.25, 0.3) is 0 Å². The van der Waals surface area contributed by atoms with E-state index in [-0.39, 0.29) is 0 Å². The molecule has 3 heteroatoms. The van der Waals surface area contributed by atoms with Crippen LogP contribution in [0.2, 0.25) is 0 Å². The second kappa shape index (κ2) is 6.34. The van der Waals surface area contributed by atoms with E-state index in [1.54, 1.807) is 13.1 Å². The van der Waals surface area contributed by atoms with E-state index >= 15 is 0 Å². The Morgan fingerprint density at radius 1 is 1.32 bits per heavy atom. The number of ether oxygens (including phenoxy) is 1. The highest BCUT2D eigenvalue weighted by Crippen LogP contribution is 2.26. The number of aliphatic hydroxyl groups excluding tert-OH is 1. The van der Waals surface area contributed by atoms with Crippen LogP contribution in [0.15, 0.2) is 42.7 Å². The molecule has 1 heterocycles. The van der Waals surface area contributed by atoms with Gasteiger partial charge >= 0.3 is 0 Å². The lowest BCUT2D eigenvalue weighted by atomic mass is 10.1. The van der Waals surface area contributed by atoms with E-state index in [4.69, 9.17) is 4.74 Å². The quantitative estimate of drug-likeness (QED) is 0.895. The number of aryl methyl sites for hydroxylation is 1. The monoisotopic (exact) mass is 257 g/mol. The van der Waals surface area contributed by atoms with E-state index in [9.17, 15) is 5.11 Å². The second-order valence-electron chi connectivity index (χ2n) is 4.68. The smallest absolute Gasteiger partial charge is 0.125 e. The van der Waals surface area contributed by atoms with E-state index in [1.807, 2.05) is 43.5 Å². The van der Waals surface area contributed by atoms with Crippen molar-refractivity contribution in [3.63, 3.8) is 0 Å². The van der Waals surface area contributed by atoms with Gasteiger partial charge in [0.15, 0.2) is 0 Å². The minimum Gasteiger partial charge on any atom is -0.493 e. The summed E-state index contributed by atoms with van der Waals surface area (Å²) in [6.45, 7) is 4.34. The third-order valence-electron chi connectivity index (χ3n) is 2.99. The lowest BCUT2D eigenvalue weighted by Gasteiger charge is -2.14. The molecule has 0 amide bonds. The Labute approximate surface area is 113 Å². The Bertz CT molecular complexity index is 524. The van der Waals surface area contributed by atoms with Gasteiger partial charge < -0.3 is 9.84 Å². The van der Waals surface area contributed by atoms with Crippen molar-refractivity contribution in [2.45, 2.75) is 26.4 Å². The number of hydrogen-bond acceptors (Lipinski definition) is 3. The van der Waals surface area contributed by atoms with Crippen molar-refractivity contribution in [2.24, 2.45) is 0 Å². The summed E-state index contributed by atoms with van der Waals surface area (Å²) in [4.78, 5) is 4.07. The normalized spacial score (nSPS) is 12.2. The van der Waals surface area contributed by atoms with E-state index in [2.05, 4.69) is 4.98 Å². The number of benzene rings is 1. The van der Waals surface area contributed by atoms with Crippen molar-refractivity contribution in [1.29, 1.82) is 0 Å². The van der Waals surface area contributed by atoms with Gasteiger partial charge in [-0.2, -0.15) is 0 Å². The van der Waals surface area contributed by atoms with Crippen molar-refractivity contribution in [3.8, 4) is 5.75 Å².